The molecule has 0 amide bonds. The molecular weight excluding hydrogens is 1020 g/mol. The molecule has 77 heavy (non-hydrogen) atoms. The molecule has 0 spiro atoms. The summed E-state index contributed by atoms with van der Waals surface area (Å²) in [4.78, 5) is 11.1. The average molecular weight is 1150 g/mol. The maximum absolute atomic E-state index is 5.57. The summed E-state index contributed by atoms with van der Waals surface area (Å²) in [5.74, 6) is 14.1. The molecule has 0 bridgehead atoms. The first-order valence-electron chi connectivity index (χ1n) is 34.0. The van der Waals surface area contributed by atoms with Crippen LogP contribution in [0.5, 0.6) is 0 Å². The fraction of sp³-hybridized carbons (Fsp3) is 0.757. The van der Waals surface area contributed by atoms with Crippen LogP contribution in [0.4, 0.5) is 11.4 Å². The van der Waals surface area contributed by atoms with Crippen LogP contribution in [0.2, 0.25) is 0 Å². The van der Waals surface area contributed by atoms with E-state index in [2.05, 4.69) is 99.9 Å². The van der Waals surface area contributed by atoms with Crippen molar-refractivity contribution in [2.75, 3.05) is 0 Å². The predicted octanol–water partition coefficient (Wildman–Crippen LogP) is 25.2. The molecule has 0 radical (unpaired) electrons. The van der Waals surface area contributed by atoms with Crippen molar-refractivity contribution < 1.29 is 20.4 Å². The molecule has 0 atom stereocenters. The molecule has 0 unspecified atom stereocenters. The van der Waals surface area contributed by atoms with Crippen LogP contribution in [0, 0.1) is 23.7 Å². The van der Waals surface area contributed by atoms with Crippen LogP contribution in [-0.2, 0) is 33.3 Å². The van der Waals surface area contributed by atoms with Gasteiger partial charge in [0, 0.05) is 46.1 Å². The summed E-state index contributed by atoms with van der Waals surface area (Å²) in [6.45, 7) is 9.23. The second kappa shape index (κ2) is 58.2. The SMILES string of the molecule is CCCCCCCCCCCCCCCCCCCC#CCCCc1ccccc1/N=C(CCCCCCCC)\C(CCCC)=N\c1ccccc1CCCC#CCCCCCCCCCCCCCCCCCCC.[Pd]. The van der Waals surface area contributed by atoms with E-state index in [0.717, 1.165) is 88.4 Å². The number of aliphatic imine (C=N–C) groups is 2. The Morgan fingerprint density at radius 2 is 0.506 bits per heavy atom. The van der Waals surface area contributed by atoms with Crippen LogP contribution < -0.4 is 0 Å². The molecule has 0 saturated carbocycles. The molecule has 3 heteroatoms. The Morgan fingerprint density at radius 1 is 0.273 bits per heavy atom. The maximum Gasteiger partial charge on any atom is 0.0665 e. The van der Waals surface area contributed by atoms with Gasteiger partial charge in [0.05, 0.1) is 22.8 Å². The number of rotatable bonds is 53. The summed E-state index contributed by atoms with van der Waals surface area (Å²) in [5.41, 5.74) is 7.35. The van der Waals surface area contributed by atoms with Crippen LogP contribution in [0.1, 0.15) is 360 Å². The van der Waals surface area contributed by atoms with Crippen molar-refractivity contribution in [2.45, 2.75) is 362 Å². The topological polar surface area (TPSA) is 24.7 Å². The molecule has 2 aromatic carbocycles. The van der Waals surface area contributed by atoms with Gasteiger partial charge in [-0.15, -0.1) is 23.7 Å². The number of hydrogen-bond acceptors (Lipinski definition) is 2. The van der Waals surface area contributed by atoms with E-state index in [1.54, 1.807) is 0 Å². The van der Waals surface area contributed by atoms with Gasteiger partial charge in [-0.1, -0.05) is 308 Å². The third-order valence-electron chi connectivity index (χ3n) is 15.9. The van der Waals surface area contributed by atoms with E-state index in [9.17, 15) is 0 Å². The predicted molar refractivity (Wildman–Crippen MR) is 344 cm³/mol. The first kappa shape index (κ1) is 72.6. The number of nitrogens with zero attached hydrogens (tertiary/aromatic N) is 2. The van der Waals surface area contributed by atoms with Crippen molar-refractivity contribution >= 4 is 22.8 Å². The second-order valence-corrected chi connectivity index (χ2v) is 23.2. The molecule has 0 aromatic heterocycles. The Labute approximate surface area is 495 Å². The first-order valence-corrected chi connectivity index (χ1v) is 34.0. The standard InChI is InChI=1S/C74H124N2.Pd/c1-5-9-13-16-19-21-23-25-27-29-31-33-35-37-39-41-43-45-47-49-51-54-61-69-63-57-59-66-71(69)75-73(65-12-8-4)74(68-56-53-18-15-11-7-3)76-72-67-60-58-64-70(72)62-55-52-50-48-46-44-42-40-38-36-34-32-30-28-26-24-22-20-17-14-10-6-2;/h57-60,63-64,66-67H,5-46,51-56,61-62,65,68H2,1-4H3;/b75-73+,76-74-;. The Balaban J connectivity index is 0.0000296. The zero-order chi connectivity index (χ0) is 54.1. The Morgan fingerprint density at radius 3 is 0.805 bits per heavy atom. The van der Waals surface area contributed by atoms with Gasteiger partial charge in [0.25, 0.3) is 0 Å². The molecule has 2 aromatic rings. The Bertz CT molecular complexity index is 1770. The molecule has 0 heterocycles. The molecule has 440 valence electrons. The smallest absolute Gasteiger partial charge is 0.0665 e. The van der Waals surface area contributed by atoms with Gasteiger partial charge in [0.2, 0.25) is 0 Å². The van der Waals surface area contributed by atoms with Gasteiger partial charge < -0.3 is 0 Å². The summed E-state index contributed by atoms with van der Waals surface area (Å²) >= 11 is 0. The van der Waals surface area contributed by atoms with E-state index >= 15 is 0 Å². The summed E-state index contributed by atoms with van der Waals surface area (Å²) in [7, 11) is 0. The van der Waals surface area contributed by atoms with Crippen LogP contribution >= 0.6 is 0 Å². The van der Waals surface area contributed by atoms with Crippen molar-refractivity contribution in [1.29, 1.82) is 0 Å². The zero-order valence-electron chi connectivity index (χ0n) is 51.6. The van der Waals surface area contributed by atoms with Crippen molar-refractivity contribution in [3.8, 4) is 23.7 Å². The van der Waals surface area contributed by atoms with E-state index < -0.39 is 0 Å². The summed E-state index contributed by atoms with van der Waals surface area (Å²) in [6, 6.07) is 17.8. The van der Waals surface area contributed by atoms with Crippen molar-refractivity contribution in [3.63, 3.8) is 0 Å². The van der Waals surface area contributed by atoms with Crippen LogP contribution in [-0.4, -0.2) is 11.4 Å². The van der Waals surface area contributed by atoms with Gasteiger partial charge >= 0.3 is 0 Å². The van der Waals surface area contributed by atoms with E-state index in [0.29, 0.717) is 0 Å². The van der Waals surface area contributed by atoms with E-state index in [1.165, 1.54) is 279 Å². The van der Waals surface area contributed by atoms with E-state index in [1.807, 2.05) is 0 Å². The van der Waals surface area contributed by atoms with Crippen molar-refractivity contribution in [3.05, 3.63) is 59.7 Å². The third kappa shape index (κ3) is 44.9. The maximum atomic E-state index is 5.57. The van der Waals surface area contributed by atoms with Gasteiger partial charge in [-0.3, -0.25) is 9.98 Å². The van der Waals surface area contributed by atoms with Crippen LogP contribution in [0.15, 0.2) is 58.5 Å². The van der Waals surface area contributed by atoms with Crippen LogP contribution in [0.3, 0.4) is 0 Å². The van der Waals surface area contributed by atoms with Gasteiger partial charge in [-0.2, -0.15) is 0 Å². The van der Waals surface area contributed by atoms with Crippen LogP contribution in [0.25, 0.3) is 0 Å². The monoisotopic (exact) mass is 1150 g/mol. The summed E-state index contributed by atoms with van der Waals surface area (Å²) in [6.07, 6.45) is 68.4. The van der Waals surface area contributed by atoms with Gasteiger partial charge in [0.1, 0.15) is 0 Å². The zero-order valence-corrected chi connectivity index (χ0v) is 53.2. The molecule has 0 aliphatic heterocycles. The van der Waals surface area contributed by atoms with Crippen molar-refractivity contribution in [1.82, 2.24) is 0 Å². The van der Waals surface area contributed by atoms with Gasteiger partial charge in [0.15, 0.2) is 0 Å². The fourth-order valence-corrected chi connectivity index (χ4v) is 10.9. The number of hydrogen-bond donors (Lipinski definition) is 0. The molecule has 0 saturated heterocycles. The minimum Gasteiger partial charge on any atom is -0.251 e. The number of benzene rings is 2. The largest absolute Gasteiger partial charge is 0.251 e. The fourth-order valence-electron chi connectivity index (χ4n) is 10.9. The third-order valence-corrected chi connectivity index (χ3v) is 15.9. The molecule has 0 N–H and O–H groups in total. The quantitative estimate of drug-likeness (QED) is 0.0273. The van der Waals surface area contributed by atoms with E-state index in [4.69, 9.17) is 9.98 Å². The molecule has 0 aliphatic rings. The first-order chi connectivity index (χ1) is 37.7. The molecule has 0 fully saturated rings. The molecule has 0 aliphatic carbocycles. The Hall–Kier alpha value is -2.44. The average Bonchev–Trinajstić information content (AvgIpc) is 3.44. The normalized spacial score (nSPS) is 11.6. The number of unbranched alkanes of at least 4 members (excludes halogenated alkanes) is 42. The molecule has 2 nitrogen and oxygen atoms in total. The number of aryl methyl sites for hydroxylation is 2. The number of para-hydroxylation sites is 2. The summed E-state index contributed by atoms with van der Waals surface area (Å²) < 4.78 is 0. The van der Waals surface area contributed by atoms with Gasteiger partial charge in [-0.25, -0.2) is 0 Å². The van der Waals surface area contributed by atoms with Gasteiger partial charge in [-0.05, 0) is 87.5 Å². The Kier molecular flexibility index (Phi) is 54.9. The second-order valence-electron chi connectivity index (χ2n) is 23.2. The minimum absolute atomic E-state index is 0. The van der Waals surface area contributed by atoms with Crippen molar-refractivity contribution in [2.24, 2.45) is 9.98 Å². The molecular formula is C74H124N2Pd. The molecule has 2 rings (SSSR count). The summed E-state index contributed by atoms with van der Waals surface area (Å²) in [5, 5.41) is 0. The minimum atomic E-state index is 0. The van der Waals surface area contributed by atoms with E-state index in [-0.39, 0.29) is 20.4 Å².